The van der Waals surface area contributed by atoms with Crippen LogP contribution >= 0.6 is 0 Å². The lowest BCUT2D eigenvalue weighted by molar-refractivity contribution is -0.921. The Morgan fingerprint density at radius 2 is 1.76 bits per heavy atom. The predicted octanol–water partition coefficient (Wildman–Crippen LogP) is 2.48. The van der Waals surface area contributed by atoms with Gasteiger partial charge in [-0.15, -0.1) is 0 Å². The van der Waals surface area contributed by atoms with Crippen LogP contribution in [0.1, 0.15) is 41.3 Å². The van der Waals surface area contributed by atoms with E-state index in [4.69, 9.17) is 4.74 Å². The predicted molar refractivity (Wildman–Crippen MR) is 100 cm³/mol. The zero-order valence-corrected chi connectivity index (χ0v) is 15.0. The fourth-order valence-corrected chi connectivity index (χ4v) is 3.21. The topological polar surface area (TPSA) is 42.8 Å². The van der Waals surface area contributed by atoms with Gasteiger partial charge in [0.25, 0.3) is 5.91 Å². The molecule has 1 aliphatic heterocycles. The molecule has 2 aromatic rings. The Hall–Kier alpha value is -2.17. The number of nitrogens with one attached hydrogen (secondary N) is 2. The molecule has 25 heavy (non-hydrogen) atoms. The van der Waals surface area contributed by atoms with Crippen LogP contribution in [0.2, 0.25) is 0 Å². The van der Waals surface area contributed by atoms with Gasteiger partial charge in [0.1, 0.15) is 19.6 Å². The highest BCUT2D eigenvalue weighted by molar-refractivity contribution is 6.04. The van der Waals surface area contributed by atoms with Crippen molar-refractivity contribution in [3.05, 3.63) is 65.2 Å². The van der Waals surface area contributed by atoms with Crippen LogP contribution in [0.3, 0.4) is 0 Å². The van der Waals surface area contributed by atoms with Crippen molar-refractivity contribution in [3.8, 4) is 0 Å². The fourth-order valence-electron chi connectivity index (χ4n) is 3.21. The van der Waals surface area contributed by atoms with E-state index >= 15 is 0 Å². The van der Waals surface area contributed by atoms with Gasteiger partial charge < -0.3 is 15.0 Å². The molecular formula is C21H27N2O2+. The summed E-state index contributed by atoms with van der Waals surface area (Å²) in [5, 5.41) is 3.05. The normalized spacial score (nSPS) is 15.3. The number of anilines is 1. The molecule has 0 bridgehead atoms. The maximum Gasteiger partial charge on any atom is 0.255 e. The lowest BCUT2D eigenvalue weighted by Crippen LogP contribution is -3.12. The first kappa shape index (κ1) is 17.6. The van der Waals surface area contributed by atoms with Crippen LogP contribution in [0, 0.1) is 0 Å². The van der Waals surface area contributed by atoms with E-state index in [1.165, 1.54) is 10.5 Å². The highest BCUT2D eigenvalue weighted by Crippen LogP contribution is 2.24. The van der Waals surface area contributed by atoms with Crippen LogP contribution in [-0.4, -0.2) is 32.2 Å². The van der Waals surface area contributed by atoms with Crippen molar-refractivity contribution in [2.24, 2.45) is 0 Å². The highest BCUT2D eigenvalue weighted by atomic mass is 16.5. The number of carbonyl (C=O) groups is 1. The Kier molecular flexibility index (Phi) is 5.84. The lowest BCUT2D eigenvalue weighted by atomic mass is 10.0. The van der Waals surface area contributed by atoms with E-state index in [-0.39, 0.29) is 5.91 Å². The fraction of sp³-hybridized carbons (Fsp3) is 0.381. The highest BCUT2D eigenvalue weighted by Gasteiger charge is 2.15. The van der Waals surface area contributed by atoms with Crippen LogP contribution in [-0.2, 0) is 11.3 Å². The van der Waals surface area contributed by atoms with E-state index in [2.05, 4.69) is 37.4 Å². The Morgan fingerprint density at radius 1 is 1.08 bits per heavy atom. The van der Waals surface area contributed by atoms with Gasteiger partial charge in [0.15, 0.2) is 0 Å². The zero-order chi connectivity index (χ0) is 17.6. The molecule has 0 unspecified atom stereocenters. The third-order valence-electron chi connectivity index (χ3n) is 4.70. The molecule has 1 fully saturated rings. The van der Waals surface area contributed by atoms with Crippen molar-refractivity contribution in [2.75, 3.05) is 31.6 Å². The summed E-state index contributed by atoms with van der Waals surface area (Å²) in [7, 11) is 0. The molecule has 1 amide bonds. The minimum absolute atomic E-state index is 0.0571. The molecule has 0 aliphatic carbocycles. The number of carbonyl (C=O) groups excluding carboxylic acids is 1. The summed E-state index contributed by atoms with van der Waals surface area (Å²) in [4.78, 5) is 14.1. The van der Waals surface area contributed by atoms with Gasteiger partial charge in [-0.25, -0.2) is 0 Å². The second-order valence-electron chi connectivity index (χ2n) is 6.93. The minimum Gasteiger partial charge on any atom is -0.370 e. The first-order valence-corrected chi connectivity index (χ1v) is 9.04. The molecule has 4 heteroatoms. The summed E-state index contributed by atoms with van der Waals surface area (Å²) in [6.45, 7) is 9.03. The van der Waals surface area contributed by atoms with Gasteiger partial charge in [0, 0.05) is 16.8 Å². The number of hydrogen-bond acceptors (Lipinski definition) is 2. The van der Waals surface area contributed by atoms with Crippen LogP contribution in [0.5, 0.6) is 0 Å². The van der Waals surface area contributed by atoms with Gasteiger partial charge in [-0.3, -0.25) is 4.79 Å². The molecule has 0 atom stereocenters. The van der Waals surface area contributed by atoms with Crippen molar-refractivity contribution in [1.82, 2.24) is 0 Å². The summed E-state index contributed by atoms with van der Waals surface area (Å²) in [6, 6.07) is 15.9. The quantitative estimate of drug-likeness (QED) is 0.879. The Bertz CT molecular complexity index is 704. The van der Waals surface area contributed by atoms with Gasteiger partial charge >= 0.3 is 0 Å². The van der Waals surface area contributed by atoms with E-state index in [1.807, 2.05) is 30.3 Å². The molecule has 2 aromatic carbocycles. The molecule has 1 saturated heterocycles. The van der Waals surface area contributed by atoms with Crippen molar-refractivity contribution in [1.29, 1.82) is 0 Å². The number of hydrogen-bond donors (Lipinski definition) is 2. The Morgan fingerprint density at radius 3 is 2.44 bits per heavy atom. The largest absolute Gasteiger partial charge is 0.370 e. The van der Waals surface area contributed by atoms with Gasteiger partial charge in [0.05, 0.1) is 13.2 Å². The van der Waals surface area contributed by atoms with E-state index in [0.717, 1.165) is 44.1 Å². The number of rotatable bonds is 5. The van der Waals surface area contributed by atoms with Gasteiger partial charge in [-0.05, 0) is 29.7 Å². The van der Waals surface area contributed by atoms with Crippen LogP contribution in [0.15, 0.2) is 48.5 Å². The summed E-state index contributed by atoms with van der Waals surface area (Å²) in [5.74, 6) is 0.314. The van der Waals surface area contributed by atoms with Crippen LogP contribution in [0.4, 0.5) is 5.69 Å². The molecule has 0 radical (unpaired) electrons. The number of benzene rings is 2. The van der Waals surface area contributed by atoms with Gasteiger partial charge in [0.2, 0.25) is 0 Å². The Labute approximate surface area is 149 Å². The van der Waals surface area contributed by atoms with E-state index in [1.54, 1.807) is 0 Å². The average molecular weight is 339 g/mol. The number of quaternary nitrogens is 1. The molecule has 1 aliphatic rings. The first-order chi connectivity index (χ1) is 12.1. The number of morpholine rings is 1. The number of ether oxygens (including phenoxy) is 1. The SMILES string of the molecule is CC(C)c1ccccc1NC(=O)c1ccc(C[NH+]2CCOCC2)cc1. The monoisotopic (exact) mass is 339 g/mol. The van der Waals surface area contributed by atoms with Gasteiger partial charge in [-0.1, -0.05) is 44.2 Å². The molecule has 1 heterocycles. The molecule has 4 nitrogen and oxygen atoms in total. The molecule has 3 rings (SSSR count). The molecule has 0 aromatic heterocycles. The maximum atomic E-state index is 12.6. The summed E-state index contributed by atoms with van der Waals surface area (Å²) < 4.78 is 5.40. The molecule has 0 saturated carbocycles. The van der Waals surface area contributed by atoms with Crippen molar-refractivity contribution >= 4 is 11.6 Å². The zero-order valence-electron chi connectivity index (χ0n) is 15.0. The van der Waals surface area contributed by atoms with E-state index in [0.29, 0.717) is 11.5 Å². The maximum absolute atomic E-state index is 12.6. The summed E-state index contributed by atoms with van der Waals surface area (Å²) in [6.07, 6.45) is 0. The summed E-state index contributed by atoms with van der Waals surface area (Å²) >= 11 is 0. The van der Waals surface area contributed by atoms with Crippen molar-refractivity contribution in [3.63, 3.8) is 0 Å². The molecular weight excluding hydrogens is 312 g/mol. The number of amides is 1. The van der Waals surface area contributed by atoms with Crippen molar-refractivity contribution in [2.45, 2.75) is 26.3 Å². The third kappa shape index (κ3) is 4.68. The first-order valence-electron chi connectivity index (χ1n) is 9.04. The van der Waals surface area contributed by atoms with Crippen LogP contribution < -0.4 is 10.2 Å². The third-order valence-corrected chi connectivity index (χ3v) is 4.70. The average Bonchev–Trinajstić information content (AvgIpc) is 2.63. The minimum atomic E-state index is -0.0571. The molecule has 2 N–H and O–H groups in total. The molecule has 0 spiro atoms. The second kappa shape index (κ2) is 8.28. The Balaban J connectivity index is 1.65. The molecule has 132 valence electrons. The standard InChI is InChI=1S/C21H26N2O2/c1-16(2)19-5-3-4-6-20(19)22-21(24)18-9-7-17(8-10-18)15-23-11-13-25-14-12-23/h3-10,16H,11-15H2,1-2H3,(H,22,24)/p+1. The lowest BCUT2D eigenvalue weighted by Gasteiger charge is -2.23. The smallest absolute Gasteiger partial charge is 0.255 e. The summed E-state index contributed by atoms with van der Waals surface area (Å²) in [5.41, 5.74) is 4.00. The van der Waals surface area contributed by atoms with Crippen molar-refractivity contribution < 1.29 is 14.4 Å². The van der Waals surface area contributed by atoms with E-state index < -0.39 is 0 Å². The van der Waals surface area contributed by atoms with Gasteiger partial charge in [-0.2, -0.15) is 0 Å². The van der Waals surface area contributed by atoms with Crippen LogP contribution in [0.25, 0.3) is 0 Å². The second-order valence-corrected chi connectivity index (χ2v) is 6.93. The number of para-hydroxylation sites is 1. The van der Waals surface area contributed by atoms with E-state index in [9.17, 15) is 4.79 Å².